The van der Waals surface area contributed by atoms with E-state index in [1.807, 2.05) is 60.7 Å². The summed E-state index contributed by atoms with van der Waals surface area (Å²) in [5.41, 5.74) is 13.9. The summed E-state index contributed by atoms with van der Waals surface area (Å²) in [5, 5.41) is 26.3. The second kappa shape index (κ2) is 23.6. The van der Waals surface area contributed by atoms with Crippen molar-refractivity contribution < 1.29 is 36.4 Å². The minimum atomic E-state index is 0. The SMILES string of the molecule is Cc1cc(CN(CCc2cc(C)cc(-n3c4ccccc4c4ccccc43)c2O)CCN(C)C)c(O)c(-c2c(C(C)C)cccc2C(C)C)c1.[CH2-]c1ccccc1.[CH2-]c1ccccc1.[Zr+4]. The van der Waals surface area contributed by atoms with Crippen molar-refractivity contribution in [3.05, 3.63) is 210 Å². The molecule has 2 N–H and O–H groups in total. The van der Waals surface area contributed by atoms with Gasteiger partial charge in [0.2, 0.25) is 0 Å². The smallest absolute Gasteiger partial charge is 0.507 e. The predicted octanol–water partition coefficient (Wildman–Crippen LogP) is 14.1. The molecule has 65 heavy (non-hydrogen) atoms. The summed E-state index contributed by atoms with van der Waals surface area (Å²) >= 11 is 0. The molecular formula is C59H67N3O2Zr+2. The molecule has 1 heterocycles. The number of benzene rings is 7. The Morgan fingerprint density at radius 1 is 0.538 bits per heavy atom. The van der Waals surface area contributed by atoms with Crippen LogP contribution in [0, 0.1) is 27.7 Å². The van der Waals surface area contributed by atoms with Crippen molar-refractivity contribution in [1.82, 2.24) is 14.4 Å². The zero-order chi connectivity index (χ0) is 45.9. The molecule has 5 nitrogen and oxygen atoms in total. The van der Waals surface area contributed by atoms with Gasteiger partial charge in [0, 0.05) is 48.1 Å². The van der Waals surface area contributed by atoms with Crippen molar-refractivity contribution in [2.24, 2.45) is 0 Å². The van der Waals surface area contributed by atoms with Crippen LogP contribution in [0.1, 0.15) is 84.0 Å². The maximum atomic E-state index is 12.0. The molecule has 8 aromatic rings. The standard InChI is InChI=1S/C45H53N3O2.2C7H7.Zr/c1-29(2)35-16-13-17-36(30(3)4)43(35)39-26-31(5)25-34(44(39)49)28-47(23-22-46(7)8)21-20-33-24-32(6)27-42(45(33)50)48-40-18-11-9-14-37(40)38-15-10-12-19-41(38)48;2*1-7-5-3-2-4-6-7;/h9-19,24-27,29-30,49-50H,20-23,28H2,1-8H3;2*2-6H,1H2;/q;2*-1;+4. The number of para-hydroxylation sites is 2. The first-order valence-electron chi connectivity index (χ1n) is 22.6. The van der Waals surface area contributed by atoms with E-state index in [0.29, 0.717) is 36.3 Å². The molecular weight excluding hydrogens is 874 g/mol. The van der Waals surface area contributed by atoms with Crippen LogP contribution in [0.5, 0.6) is 11.5 Å². The third-order valence-corrected chi connectivity index (χ3v) is 11.7. The first kappa shape index (κ1) is 50.5. The van der Waals surface area contributed by atoms with Crippen molar-refractivity contribution in [2.75, 3.05) is 33.7 Å². The van der Waals surface area contributed by atoms with Crippen molar-refractivity contribution >= 4 is 21.8 Å². The maximum Gasteiger partial charge on any atom is 4.00 e. The average Bonchev–Trinajstić information content (AvgIpc) is 3.61. The summed E-state index contributed by atoms with van der Waals surface area (Å²) < 4.78 is 2.20. The van der Waals surface area contributed by atoms with Crippen LogP contribution in [0.15, 0.2) is 152 Å². The second-order valence-electron chi connectivity index (χ2n) is 17.9. The molecule has 6 heteroatoms. The van der Waals surface area contributed by atoms with Crippen LogP contribution in [-0.2, 0) is 39.2 Å². The van der Waals surface area contributed by atoms with Gasteiger partial charge in [0.05, 0.1) is 16.7 Å². The molecule has 0 aliphatic heterocycles. The van der Waals surface area contributed by atoms with Gasteiger partial charge in [-0.15, -0.1) is 24.3 Å². The predicted molar refractivity (Wildman–Crippen MR) is 273 cm³/mol. The largest absolute Gasteiger partial charge is 4.00 e. The third kappa shape index (κ3) is 12.9. The molecule has 8 rings (SSSR count). The fraction of sp³-hybridized carbons (Fsp3) is 0.254. The van der Waals surface area contributed by atoms with Crippen molar-refractivity contribution in [3.8, 4) is 28.3 Å². The Balaban J connectivity index is 0.000000449. The van der Waals surface area contributed by atoms with Crippen LogP contribution in [0.4, 0.5) is 0 Å². The number of hydrogen-bond donors (Lipinski definition) is 2. The molecule has 0 saturated carbocycles. The van der Waals surface area contributed by atoms with E-state index in [1.165, 1.54) is 27.5 Å². The van der Waals surface area contributed by atoms with Gasteiger partial charge < -0.3 is 19.7 Å². The minimum Gasteiger partial charge on any atom is -0.507 e. The molecule has 1 aromatic heterocycles. The molecule has 0 aliphatic carbocycles. The van der Waals surface area contributed by atoms with E-state index in [2.05, 4.69) is 175 Å². The zero-order valence-electron chi connectivity index (χ0n) is 39.8. The van der Waals surface area contributed by atoms with Crippen molar-refractivity contribution in [2.45, 2.75) is 66.3 Å². The molecule has 0 radical (unpaired) electrons. The number of aromatic nitrogens is 1. The zero-order valence-corrected chi connectivity index (χ0v) is 42.2. The van der Waals surface area contributed by atoms with Crippen LogP contribution in [0.25, 0.3) is 38.6 Å². The van der Waals surface area contributed by atoms with E-state index >= 15 is 0 Å². The number of hydrogen-bond acceptors (Lipinski definition) is 4. The number of phenolic OH excluding ortho intramolecular Hbond substituents is 2. The van der Waals surface area contributed by atoms with E-state index in [1.54, 1.807) is 0 Å². The number of aryl methyl sites for hydroxylation is 2. The summed E-state index contributed by atoms with van der Waals surface area (Å²) in [5.74, 6) is 1.35. The van der Waals surface area contributed by atoms with Crippen LogP contribution in [0.2, 0.25) is 0 Å². The van der Waals surface area contributed by atoms with Crippen LogP contribution in [0.3, 0.4) is 0 Å². The molecule has 0 fully saturated rings. The molecule has 0 atom stereocenters. The van der Waals surface area contributed by atoms with Crippen LogP contribution in [-0.4, -0.2) is 58.3 Å². The van der Waals surface area contributed by atoms with Gasteiger partial charge in [0.1, 0.15) is 11.5 Å². The maximum absolute atomic E-state index is 12.0. The van der Waals surface area contributed by atoms with Gasteiger partial charge in [-0.2, -0.15) is 49.2 Å². The number of nitrogens with zero attached hydrogens (tertiary/aromatic N) is 3. The van der Waals surface area contributed by atoms with E-state index in [4.69, 9.17) is 0 Å². The topological polar surface area (TPSA) is 51.9 Å². The van der Waals surface area contributed by atoms with Gasteiger partial charge in [-0.25, -0.2) is 0 Å². The normalized spacial score (nSPS) is 11.1. The monoisotopic (exact) mass is 939 g/mol. The third-order valence-electron chi connectivity index (χ3n) is 11.7. The molecule has 0 amide bonds. The number of likely N-dealkylation sites (N-methyl/N-ethyl adjacent to an activating group) is 1. The van der Waals surface area contributed by atoms with Gasteiger partial charge in [-0.3, -0.25) is 4.90 Å². The molecule has 332 valence electrons. The van der Waals surface area contributed by atoms with Crippen molar-refractivity contribution in [1.29, 1.82) is 0 Å². The van der Waals surface area contributed by atoms with Crippen molar-refractivity contribution in [3.63, 3.8) is 0 Å². The number of fused-ring (bicyclic) bond motifs is 3. The molecule has 0 saturated heterocycles. The Hall–Kier alpha value is -5.52. The summed E-state index contributed by atoms with van der Waals surface area (Å²) in [4.78, 5) is 4.62. The molecule has 0 spiro atoms. The summed E-state index contributed by atoms with van der Waals surface area (Å²) in [6.07, 6.45) is 0.679. The number of rotatable bonds is 12. The van der Waals surface area contributed by atoms with Crippen LogP contribution < -0.4 is 0 Å². The van der Waals surface area contributed by atoms with Gasteiger partial charge >= 0.3 is 26.2 Å². The Labute approximate surface area is 408 Å². The van der Waals surface area contributed by atoms with E-state index in [-0.39, 0.29) is 26.2 Å². The fourth-order valence-corrected chi connectivity index (χ4v) is 8.49. The Morgan fingerprint density at radius 3 is 1.49 bits per heavy atom. The Morgan fingerprint density at radius 2 is 1.02 bits per heavy atom. The summed E-state index contributed by atoms with van der Waals surface area (Å²) in [6.45, 7) is 23.7. The quantitative estimate of drug-likeness (QED) is 0.120. The second-order valence-corrected chi connectivity index (χ2v) is 17.9. The minimum absolute atomic E-state index is 0. The van der Waals surface area contributed by atoms with Gasteiger partial charge in [-0.1, -0.05) is 107 Å². The van der Waals surface area contributed by atoms with Gasteiger partial charge in [-0.05, 0) is 104 Å². The molecule has 0 aliphatic rings. The summed E-state index contributed by atoms with van der Waals surface area (Å²) in [7, 11) is 4.20. The molecule has 0 bridgehead atoms. The fourth-order valence-electron chi connectivity index (χ4n) is 8.49. The molecule has 7 aromatic carbocycles. The molecule has 0 unspecified atom stereocenters. The van der Waals surface area contributed by atoms with Gasteiger partial charge in [0.25, 0.3) is 0 Å². The average molecular weight is 941 g/mol. The van der Waals surface area contributed by atoms with Crippen LogP contribution >= 0.6 is 0 Å². The van der Waals surface area contributed by atoms with E-state index in [9.17, 15) is 10.2 Å². The Bertz CT molecular complexity index is 2640. The Kier molecular flexibility index (Phi) is 18.3. The van der Waals surface area contributed by atoms with E-state index in [0.717, 1.165) is 75.3 Å². The number of aromatic hydroxyl groups is 2. The summed E-state index contributed by atoms with van der Waals surface area (Å²) in [6, 6.07) is 51.7. The van der Waals surface area contributed by atoms with Gasteiger partial charge in [0.15, 0.2) is 0 Å². The first-order valence-corrected chi connectivity index (χ1v) is 22.6. The first-order chi connectivity index (χ1) is 30.7. The number of phenols is 2. The van der Waals surface area contributed by atoms with E-state index < -0.39 is 0 Å².